The number of amides is 1. The second-order valence-electron chi connectivity index (χ2n) is 5.09. The van der Waals surface area contributed by atoms with Crippen LogP contribution < -0.4 is 10.1 Å². The standard InChI is InChI=1S/C15H19F2NO4/c1-9(2)8-18-13(19)10(3)21-14(20)11-4-6-12(7-5-11)22-15(16)17/h4-7,9-10,15H,8H2,1-3H3,(H,18,19)/t10-/m1/s1. The van der Waals surface area contributed by atoms with E-state index in [2.05, 4.69) is 10.1 Å². The van der Waals surface area contributed by atoms with E-state index in [1.54, 1.807) is 0 Å². The Bertz CT molecular complexity index is 503. The summed E-state index contributed by atoms with van der Waals surface area (Å²) in [4.78, 5) is 23.5. The van der Waals surface area contributed by atoms with Gasteiger partial charge in [0, 0.05) is 6.54 Å². The molecule has 1 N–H and O–H groups in total. The predicted molar refractivity (Wildman–Crippen MR) is 75.8 cm³/mol. The Morgan fingerprint density at radius 2 is 1.73 bits per heavy atom. The summed E-state index contributed by atoms with van der Waals surface area (Å²) < 4.78 is 33.2. The van der Waals surface area contributed by atoms with E-state index in [1.165, 1.54) is 31.2 Å². The van der Waals surface area contributed by atoms with Crippen molar-refractivity contribution in [1.29, 1.82) is 0 Å². The summed E-state index contributed by atoms with van der Waals surface area (Å²) in [5.41, 5.74) is 0.144. The van der Waals surface area contributed by atoms with Crippen molar-refractivity contribution in [2.24, 2.45) is 5.92 Å². The first-order valence-corrected chi connectivity index (χ1v) is 6.83. The van der Waals surface area contributed by atoms with Crippen molar-refractivity contribution in [3.63, 3.8) is 0 Å². The van der Waals surface area contributed by atoms with E-state index in [0.29, 0.717) is 6.54 Å². The lowest BCUT2D eigenvalue weighted by atomic mass is 10.2. The third-order valence-corrected chi connectivity index (χ3v) is 2.65. The number of nitrogens with one attached hydrogen (secondary N) is 1. The highest BCUT2D eigenvalue weighted by atomic mass is 19.3. The van der Waals surface area contributed by atoms with Crippen LogP contribution in [0.25, 0.3) is 0 Å². The van der Waals surface area contributed by atoms with Crippen LogP contribution in [-0.2, 0) is 9.53 Å². The van der Waals surface area contributed by atoms with E-state index in [1.807, 2.05) is 13.8 Å². The van der Waals surface area contributed by atoms with Crippen molar-refractivity contribution in [2.45, 2.75) is 33.5 Å². The first-order valence-electron chi connectivity index (χ1n) is 6.83. The molecule has 1 amide bonds. The van der Waals surface area contributed by atoms with E-state index >= 15 is 0 Å². The monoisotopic (exact) mass is 315 g/mol. The Balaban J connectivity index is 2.55. The summed E-state index contributed by atoms with van der Waals surface area (Å²) in [7, 11) is 0. The molecule has 0 aromatic heterocycles. The number of carbonyl (C=O) groups is 2. The van der Waals surface area contributed by atoms with Crippen LogP contribution in [0, 0.1) is 5.92 Å². The van der Waals surface area contributed by atoms with Crippen molar-refractivity contribution in [2.75, 3.05) is 6.54 Å². The molecule has 0 aliphatic rings. The third kappa shape index (κ3) is 6.07. The van der Waals surface area contributed by atoms with Crippen molar-refractivity contribution < 1.29 is 27.8 Å². The van der Waals surface area contributed by atoms with Gasteiger partial charge in [0.2, 0.25) is 0 Å². The average Bonchev–Trinajstić information content (AvgIpc) is 2.44. The molecule has 1 aromatic carbocycles. The Labute approximate surface area is 127 Å². The molecule has 0 saturated carbocycles. The first kappa shape index (κ1) is 17.9. The van der Waals surface area contributed by atoms with Gasteiger partial charge in [0.15, 0.2) is 6.10 Å². The Kier molecular flexibility index (Phi) is 6.75. The molecule has 0 saturated heterocycles. The number of esters is 1. The number of ether oxygens (including phenoxy) is 2. The minimum atomic E-state index is -2.93. The summed E-state index contributed by atoms with van der Waals surface area (Å²) in [6, 6.07) is 5.04. The van der Waals surface area contributed by atoms with Gasteiger partial charge in [-0.25, -0.2) is 4.79 Å². The number of carbonyl (C=O) groups excluding carboxylic acids is 2. The average molecular weight is 315 g/mol. The van der Waals surface area contributed by atoms with Crippen LogP contribution in [0.1, 0.15) is 31.1 Å². The summed E-state index contributed by atoms with van der Waals surface area (Å²) in [6.45, 7) is 2.91. The maximum atomic E-state index is 12.0. The number of hydrogen-bond donors (Lipinski definition) is 1. The lowest BCUT2D eigenvalue weighted by Crippen LogP contribution is -2.37. The number of benzene rings is 1. The van der Waals surface area contributed by atoms with Crippen LogP contribution in [0.15, 0.2) is 24.3 Å². The fourth-order valence-corrected chi connectivity index (χ4v) is 1.50. The molecule has 122 valence electrons. The van der Waals surface area contributed by atoms with Gasteiger partial charge in [0.1, 0.15) is 5.75 Å². The van der Waals surface area contributed by atoms with E-state index in [0.717, 1.165) is 0 Å². The van der Waals surface area contributed by atoms with Crippen LogP contribution in [0.5, 0.6) is 5.75 Å². The fraction of sp³-hybridized carbons (Fsp3) is 0.467. The van der Waals surface area contributed by atoms with Gasteiger partial charge in [-0.3, -0.25) is 4.79 Å². The van der Waals surface area contributed by atoms with Crippen LogP contribution in [0.2, 0.25) is 0 Å². The number of rotatable bonds is 7. The topological polar surface area (TPSA) is 64.6 Å². The molecule has 0 unspecified atom stereocenters. The van der Waals surface area contributed by atoms with E-state index in [-0.39, 0.29) is 23.1 Å². The van der Waals surface area contributed by atoms with Crippen molar-refractivity contribution in [1.82, 2.24) is 5.32 Å². The minimum absolute atomic E-state index is 0.0609. The van der Waals surface area contributed by atoms with Crippen LogP contribution in [-0.4, -0.2) is 31.1 Å². The highest BCUT2D eigenvalue weighted by molar-refractivity contribution is 5.92. The molecule has 0 heterocycles. The van der Waals surface area contributed by atoms with Crippen molar-refractivity contribution >= 4 is 11.9 Å². The molecule has 0 aliphatic heterocycles. The Morgan fingerprint density at radius 3 is 2.23 bits per heavy atom. The second-order valence-corrected chi connectivity index (χ2v) is 5.09. The van der Waals surface area contributed by atoms with E-state index < -0.39 is 18.7 Å². The molecule has 0 aliphatic carbocycles. The van der Waals surface area contributed by atoms with Crippen LogP contribution in [0.3, 0.4) is 0 Å². The lowest BCUT2D eigenvalue weighted by Gasteiger charge is -2.14. The maximum Gasteiger partial charge on any atom is 0.387 e. The fourth-order valence-electron chi connectivity index (χ4n) is 1.50. The molecule has 0 fully saturated rings. The van der Waals surface area contributed by atoms with Gasteiger partial charge in [-0.2, -0.15) is 8.78 Å². The molecule has 7 heteroatoms. The third-order valence-electron chi connectivity index (χ3n) is 2.65. The molecule has 5 nitrogen and oxygen atoms in total. The van der Waals surface area contributed by atoms with Gasteiger partial charge in [-0.05, 0) is 37.1 Å². The van der Waals surface area contributed by atoms with Crippen molar-refractivity contribution in [3.05, 3.63) is 29.8 Å². The molecule has 22 heavy (non-hydrogen) atoms. The van der Waals surface area contributed by atoms with E-state index in [9.17, 15) is 18.4 Å². The summed E-state index contributed by atoms with van der Waals surface area (Å²) >= 11 is 0. The largest absolute Gasteiger partial charge is 0.449 e. The highest BCUT2D eigenvalue weighted by Gasteiger charge is 2.19. The number of halogens is 2. The molecular formula is C15H19F2NO4. The second kappa shape index (κ2) is 8.31. The van der Waals surface area contributed by atoms with Crippen LogP contribution in [0.4, 0.5) is 8.78 Å². The van der Waals surface area contributed by atoms with Gasteiger partial charge in [-0.15, -0.1) is 0 Å². The molecule has 1 rings (SSSR count). The summed E-state index contributed by atoms with van der Waals surface area (Å²) in [5, 5.41) is 2.65. The molecule has 0 bridgehead atoms. The predicted octanol–water partition coefficient (Wildman–Crippen LogP) is 2.61. The highest BCUT2D eigenvalue weighted by Crippen LogP contribution is 2.15. The van der Waals surface area contributed by atoms with Crippen molar-refractivity contribution in [3.8, 4) is 5.75 Å². The quantitative estimate of drug-likeness (QED) is 0.786. The van der Waals surface area contributed by atoms with E-state index in [4.69, 9.17) is 4.74 Å². The number of hydrogen-bond acceptors (Lipinski definition) is 4. The first-order chi connectivity index (χ1) is 10.3. The molecular weight excluding hydrogens is 296 g/mol. The smallest absolute Gasteiger partial charge is 0.387 e. The maximum absolute atomic E-state index is 12.0. The lowest BCUT2D eigenvalue weighted by molar-refractivity contribution is -0.129. The summed E-state index contributed by atoms with van der Waals surface area (Å²) in [5.74, 6) is -0.876. The van der Waals surface area contributed by atoms with Gasteiger partial charge in [0.25, 0.3) is 5.91 Å². The van der Waals surface area contributed by atoms with Crippen LogP contribution >= 0.6 is 0 Å². The van der Waals surface area contributed by atoms with Gasteiger partial charge < -0.3 is 14.8 Å². The Hall–Kier alpha value is -2.18. The number of alkyl halides is 2. The zero-order valence-electron chi connectivity index (χ0n) is 12.6. The Morgan fingerprint density at radius 1 is 1.14 bits per heavy atom. The van der Waals surface area contributed by atoms with Gasteiger partial charge >= 0.3 is 12.6 Å². The van der Waals surface area contributed by atoms with Gasteiger partial charge in [0.05, 0.1) is 5.56 Å². The zero-order valence-corrected chi connectivity index (χ0v) is 12.6. The van der Waals surface area contributed by atoms with Gasteiger partial charge in [-0.1, -0.05) is 13.8 Å². The zero-order chi connectivity index (χ0) is 16.7. The molecule has 0 spiro atoms. The SMILES string of the molecule is CC(C)CNC(=O)[C@@H](C)OC(=O)c1ccc(OC(F)F)cc1. The minimum Gasteiger partial charge on any atom is -0.449 e. The molecule has 1 atom stereocenters. The molecule has 1 aromatic rings. The normalized spacial score (nSPS) is 12.1. The summed E-state index contributed by atoms with van der Waals surface area (Å²) in [6.07, 6.45) is -0.941. The molecule has 0 radical (unpaired) electrons.